The molecule has 1 aliphatic rings. The van der Waals surface area contributed by atoms with Crippen molar-refractivity contribution in [1.82, 2.24) is 0 Å². The van der Waals surface area contributed by atoms with Crippen LogP contribution in [-0.2, 0) is 20.4 Å². The van der Waals surface area contributed by atoms with Gasteiger partial charge in [-0.1, -0.05) is 18.2 Å². The number of amides is 2. The Morgan fingerprint density at radius 3 is 2.59 bits per heavy atom. The Balaban J connectivity index is 2.45. The van der Waals surface area contributed by atoms with E-state index in [1.165, 1.54) is 0 Å². The molecule has 17 heavy (non-hydrogen) atoms. The number of aryl methyl sites for hydroxylation is 1. The molecule has 4 nitrogen and oxygen atoms in total. The first kappa shape index (κ1) is 12.0. The molecule has 2 rings (SSSR count). The highest BCUT2D eigenvalue weighted by Gasteiger charge is 2.38. The second kappa shape index (κ2) is 4.41. The van der Waals surface area contributed by atoms with Gasteiger partial charge >= 0.3 is 0 Å². The van der Waals surface area contributed by atoms with E-state index in [1.54, 1.807) is 19.1 Å². The third-order valence-corrected chi connectivity index (χ3v) is 4.36. The lowest BCUT2D eigenvalue weighted by molar-refractivity contribution is -0.125. The highest BCUT2D eigenvalue weighted by molar-refractivity contribution is 7.87. The monoisotopic (exact) mass is 251 g/mol. The average Bonchev–Trinajstić information content (AvgIpc) is 2.29. The van der Waals surface area contributed by atoms with Crippen LogP contribution in [-0.4, -0.2) is 27.0 Å². The number of hydrogen-bond donors (Lipinski definition) is 0. The molecule has 1 aromatic rings. The first-order chi connectivity index (χ1) is 8.02. The van der Waals surface area contributed by atoms with Gasteiger partial charge in [0.15, 0.2) is 0 Å². The van der Waals surface area contributed by atoms with Gasteiger partial charge in [-0.3, -0.25) is 13.8 Å². The van der Waals surface area contributed by atoms with E-state index in [4.69, 9.17) is 0 Å². The van der Waals surface area contributed by atoms with E-state index >= 15 is 0 Å². The van der Waals surface area contributed by atoms with Gasteiger partial charge in [0.25, 0.3) is 0 Å². The van der Waals surface area contributed by atoms with Crippen molar-refractivity contribution in [3.05, 3.63) is 29.8 Å². The number of benzene rings is 1. The maximum Gasteiger partial charge on any atom is 0.249 e. The lowest BCUT2D eigenvalue weighted by atomic mass is 10.1. The van der Waals surface area contributed by atoms with Crippen LogP contribution in [0, 0.1) is 6.92 Å². The summed E-state index contributed by atoms with van der Waals surface area (Å²) in [5, 5.41) is -0.618. The van der Waals surface area contributed by atoms with Gasteiger partial charge in [0.1, 0.15) is 11.0 Å². The van der Waals surface area contributed by atoms with Crippen molar-refractivity contribution < 1.29 is 13.8 Å². The summed E-state index contributed by atoms with van der Waals surface area (Å²) in [4.78, 5) is 25.0. The smallest absolute Gasteiger partial charge is 0.249 e. The van der Waals surface area contributed by atoms with Gasteiger partial charge in [-0.05, 0) is 25.5 Å². The first-order valence-electron chi connectivity index (χ1n) is 5.32. The SMILES string of the molecule is Cc1ccccc1N1C(=O)C[S@](=O)[C@@H](C)C1=O. The molecule has 1 saturated heterocycles. The second-order valence-electron chi connectivity index (χ2n) is 4.02. The molecule has 1 aliphatic heterocycles. The molecule has 2 amide bonds. The molecule has 0 radical (unpaired) electrons. The van der Waals surface area contributed by atoms with Gasteiger partial charge in [-0.2, -0.15) is 0 Å². The Morgan fingerprint density at radius 1 is 1.29 bits per heavy atom. The third kappa shape index (κ3) is 2.02. The van der Waals surface area contributed by atoms with Gasteiger partial charge in [-0.25, -0.2) is 4.90 Å². The topological polar surface area (TPSA) is 54.5 Å². The van der Waals surface area contributed by atoms with Crippen LogP contribution in [0.1, 0.15) is 12.5 Å². The van der Waals surface area contributed by atoms with E-state index in [0.717, 1.165) is 10.5 Å². The van der Waals surface area contributed by atoms with Gasteiger partial charge in [0.2, 0.25) is 11.8 Å². The zero-order valence-corrected chi connectivity index (χ0v) is 10.5. The maximum atomic E-state index is 12.0. The third-order valence-electron chi connectivity index (χ3n) is 2.83. The fourth-order valence-corrected chi connectivity index (χ4v) is 2.75. The van der Waals surface area contributed by atoms with Crippen molar-refractivity contribution in [1.29, 1.82) is 0 Å². The number of hydrogen-bond acceptors (Lipinski definition) is 3. The number of para-hydroxylation sites is 1. The molecular formula is C12H13NO3S. The fourth-order valence-electron chi connectivity index (χ4n) is 1.80. The van der Waals surface area contributed by atoms with E-state index in [-0.39, 0.29) is 17.6 Å². The standard InChI is InChI=1S/C12H13NO3S/c1-8-5-3-4-6-10(8)13-11(14)7-17(16)9(2)12(13)15/h3-6,9H,7H2,1-2H3/t9-,17-/m0/s1. The Labute approximate surface area is 102 Å². The molecule has 1 fully saturated rings. The first-order valence-corrected chi connectivity index (χ1v) is 6.70. The van der Waals surface area contributed by atoms with Crippen molar-refractivity contribution in [3.63, 3.8) is 0 Å². The van der Waals surface area contributed by atoms with Gasteiger partial charge < -0.3 is 0 Å². The van der Waals surface area contributed by atoms with Crippen LogP contribution >= 0.6 is 0 Å². The molecular weight excluding hydrogens is 238 g/mol. The van der Waals surface area contributed by atoms with Gasteiger partial charge in [-0.15, -0.1) is 0 Å². The fraction of sp³-hybridized carbons (Fsp3) is 0.333. The number of carbonyl (C=O) groups excluding carboxylic acids is 2. The van der Waals surface area contributed by atoms with Crippen molar-refractivity contribution in [2.45, 2.75) is 19.1 Å². The molecule has 0 spiro atoms. The number of rotatable bonds is 1. The molecule has 0 aliphatic carbocycles. The summed E-state index contributed by atoms with van der Waals surface area (Å²) in [6.07, 6.45) is 0. The van der Waals surface area contributed by atoms with Gasteiger partial charge in [0.05, 0.1) is 5.69 Å². The summed E-state index contributed by atoms with van der Waals surface area (Å²) in [7, 11) is -1.39. The summed E-state index contributed by atoms with van der Waals surface area (Å²) in [6.45, 7) is 3.43. The molecule has 1 aromatic carbocycles. The normalized spacial score (nSPS) is 25.2. The minimum atomic E-state index is -1.39. The van der Waals surface area contributed by atoms with E-state index in [0.29, 0.717) is 5.69 Å². The quantitative estimate of drug-likeness (QED) is 0.700. The van der Waals surface area contributed by atoms with Crippen LogP contribution in [0.2, 0.25) is 0 Å². The molecule has 0 N–H and O–H groups in total. The number of nitrogens with zero attached hydrogens (tertiary/aromatic N) is 1. The predicted octanol–water partition coefficient (Wildman–Crippen LogP) is 1.01. The minimum Gasteiger partial charge on any atom is -0.273 e. The molecule has 0 saturated carbocycles. The van der Waals surface area contributed by atoms with Crippen LogP contribution in [0.15, 0.2) is 24.3 Å². The van der Waals surface area contributed by atoms with Crippen LogP contribution < -0.4 is 4.90 Å². The van der Waals surface area contributed by atoms with Crippen LogP contribution in [0.3, 0.4) is 0 Å². The molecule has 1 heterocycles. The van der Waals surface area contributed by atoms with E-state index in [1.807, 2.05) is 19.1 Å². The average molecular weight is 251 g/mol. The second-order valence-corrected chi connectivity index (χ2v) is 5.78. The number of carbonyl (C=O) groups is 2. The summed E-state index contributed by atoms with van der Waals surface area (Å²) < 4.78 is 11.5. The van der Waals surface area contributed by atoms with Crippen molar-refractivity contribution in [2.24, 2.45) is 0 Å². The van der Waals surface area contributed by atoms with Crippen molar-refractivity contribution >= 4 is 28.3 Å². The largest absolute Gasteiger partial charge is 0.273 e. The highest BCUT2D eigenvalue weighted by Crippen LogP contribution is 2.24. The number of imide groups is 1. The lowest BCUT2D eigenvalue weighted by Gasteiger charge is -2.29. The summed E-state index contributed by atoms with van der Waals surface area (Å²) in [5.41, 5.74) is 1.44. The molecule has 0 aromatic heterocycles. The summed E-state index contributed by atoms with van der Waals surface area (Å²) in [6, 6.07) is 7.19. The lowest BCUT2D eigenvalue weighted by Crippen LogP contribution is -2.52. The zero-order chi connectivity index (χ0) is 12.6. The molecule has 0 bridgehead atoms. The van der Waals surface area contributed by atoms with Crippen LogP contribution in [0.4, 0.5) is 5.69 Å². The Bertz CT molecular complexity index is 512. The minimum absolute atomic E-state index is 0.0821. The Hall–Kier alpha value is -1.49. The molecule has 0 unspecified atom stereocenters. The molecule has 5 heteroatoms. The van der Waals surface area contributed by atoms with Crippen molar-refractivity contribution in [3.8, 4) is 0 Å². The van der Waals surface area contributed by atoms with Crippen LogP contribution in [0.25, 0.3) is 0 Å². The van der Waals surface area contributed by atoms with E-state index < -0.39 is 16.0 Å². The van der Waals surface area contributed by atoms with Crippen molar-refractivity contribution in [2.75, 3.05) is 10.7 Å². The Morgan fingerprint density at radius 2 is 1.94 bits per heavy atom. The van der Waals surface area contributed by atoms with Gasteiger partial charge in [0, 0.05) is 10.8 Å². The molecule has 90 valence electrons. The predicted molar refractivity (Wildman–Crippen MR) is 66.1 cm³/mol. The van der Waals surface area contributed by atoms with E-state index in [2.05, 4.69) is 0 Å². The highest BCUT2D eigenvalue weighted by atomic mass is 32.2. The molecule has 2 atom stereocenters. The number of anilines is 1. The summed E-state index contributed by atoms with van der Waals surface area (Å²) >= 11 is 0. The van der Waals surface area contributed by atoms with Crippen LogP contribution in [0.5, 0.6) is 0 Å². The Kier molecular flexibility index (Phi) is 3.11. The maximum absolute atomic E-state index is 12.0. The van der Waals surface area contributed by atoms with E-state index in [9.17, 15) is 13.8 Å². The zero-order valence-electron chi connectivity index (χ0n) is 9.67. The summed E-state index contributed by atoms with van der Waals surface area (Å²) in [5.74, 6) is -0.851.